The number of rotatable bonds is 9. The molecule has 0 aliphatic carbocycles. The molecule has 0 rings (SSSR count). The normalized spacial score (nSPS) is 12.0. The lowest BCUT2D eigenvalue weighted by molar-refractivity contribution is -0.911. The highest BCUT2D eigenvalue weighted by Crippen LogP contribution is 1.95. The molecule has 80 valence electrons. The number of hydrogen-bond acceptors (Lipinski definition) is 4. The molecule has 6 radical (unpaired) electrons. The van der Waals surface area contributed by atoms with Crippen molar-refractivity contribution in [2.75, 3.05) is 39.8 Å². The molecule has 0 spiro atoms. The van der Waals surface area contributed by atoms with Crippen LogP contribution in [0.2, 0.25) is 0 Å². The van der Waals surface area contributed by atoms with Gasteiger partial charge in [-0.05, 0) is 0 Å². The standard InChI is InChI=1S/C6H17N2O3Si3/c1-9-12-4-8(7,5-13-10-2)6-14-11-3/h4-7H2,1-3H3/q+1. The molecular formula is C6H17N2O3Si3+. The van der Waals surface area contributed by atoms with Gasteiger partial charge in [0.05, 0.1) is 0 Å². The van der Waals surface area contributed by atoms with Gasteiger partial charge in [0.2, 0.25) is 0 Å². The van der Waals surface area contributed by atoms with Crippen molar-refractivity contribution in [2.24, 2.45) is 5.84 Å². The molecule has 0 aliphatic rings. The van der Waals surface area contributed by atoms with E-state index in [4.69, 9.17) is 19.1 Å². The number of nitrogens with two attached hydrogens (primary N) is 1. The molecule has 0 aliphatic heterocycles. The number of hydrogen-bond donors (Lipinski definition) is 1. The van der Waals surface area contributed by atoms with E-state index in [2.05, 4.69) is 0 Å². The van der Waals surface area contributed by atoms with Crippen LogP contribution in [0, 0.1) is 0 Å². The van der Waals surface area contributed by atoms with Crippen molar-refractivity contribution in [3.05, 3.63) is 0 Å². The highest BCUT2D eigenvalue weighted by molar-refractivity contribution is 6.29. The first-order valence-corrected chi connectivity index (χ1v) is 7.45. The topological polar surface area (TPSA) is 53.7 Å². The molecule has 0 aromatic carbocycles. The zero-order valence-corrected chi connectivity index (χ0v) is 11.9. The summed E-state index contributed by atoms with van der Waals surface area (Å²) in [6, 6.07) is 0. The van der Waals surface area contributed by atoms with Gasteiger partial charge in [0, 0.05) is 21.3 Å². The molecule has 0 saturated carbocycles. The third kappa shape index (κ3) is 6.84. The first-order valence-electron chi connectivity index (χ1n) is 4.10. The van der Waals surface area contributed by atoms with Crippen LogP contribution in [0.1, 0.15) is 0 Å². The van der Waals surface area contributed by atoms with Gasteiger partial charge in [-0.25, -0.2) is 0 Å². The van der Waals surface area contributed by atoms with E-state index in [1.807, 2.05) is 0 Å². The van der Waals surface area contributed by atoms with Crippen LogP contribution in [0.5, 0.6) is 0 Å². The number of nitrogens with zero attached hydrogens (tertiary/aromatic N) is 1. The molecule has 0 unspecified atom stereocenters. The molecule has 0 aromatic heterocycles. The van der Waals surface area contributed by atoms with Gasteiger partial charge < -0.3 is 13.3 Å². The fraction of sp³-hybridized carbons (Fsp3) is 1.00. The van der Waals surface area contributed by atoms with Gasteiger partial charge in [-0.2, -0.15) is 5.84 Å². The Bertz CT molecular complexity index is 120. The Morgan fingerprint density at radius 1 is 0.857 bits per heavy atom. The SMILES string of the molecule is CO[Si]C[N+](N)(C[Si]OC)C[Si]OC. The van der Waals surface area contributed by atoms with Crippen molar-refractivity contribution in [1.29, 1.82) is 0 Å². The van der Waals surface area contributed by atoms with Crippen LogP contribution in [0.3, 0.4) is 0 Å². The van der Waals surface area contributed by atoms with E-state index in [1.165, 1.54) is 0 Å². The summed E-state index contributed by atoms with van der Waals surface area (Å²) in [6.45, 7) is 0. The molecular weight excluding hydrogens is 232 g/mol. The maximum absolute atomic E-state index is 6.17. The van der Waals surface area contributed by atoms with E-state index in [0.29, 0.717) is 33.9 Å². The Morgan fingerprint density at radius 3 is 1.36 bits per heavy atom. The third-order valence-electron chi connectivity index (χ3n) is 1.57. The summed E-state index contributed by atoms with van der Waals surface area (Å²) in [5.41, 5.74) is 0. The lowest BCUT2D eigenvalue weighted by Crippen LogP contribution is -2.61. The van der Waals surface area contributed by atoms with Crippen molar-refractivity contribution in [1.82, 2.24) is 0 Å². The third-order valence-corrected chi connectivity index (χ3v) is 4.71. The summed E-state index contributed by atoms with van der Waals surface area (Å²) in [6.07, 6.45) is 2.47. The van der Waals surface area contributed by atoms with Crippen LogP contribution in [0.4, 0.5) is 0 Å². The van der Waals surface area contributed by atoms with Crippen LogP contribution in [0.25, 0.3) is 0 Å². The fourth-order valence-electron chi connectivity index (χ4n) is 0.747. The predicted octanol–water partition coefficient (Wildman–Crippen LogP) is -1.65. The smallest absolute Gasteiger partial charge is 0.301 e. The molecule has 0 atom stereocenters. The molecule has 0 amide bonds. The van der Waals surface area contributed by atoms with Gasteiger partial charge in [-0.15, -0.1) is 0 Å². The Hall–Kier alpha value is 0.451. The first-order chi connectivity index (χ1) is 6.68. The van der Waals surface area contributed by atoms with Crippen molar-refractivity contribution in [2.45, 2.75) is 0 Å². The molecule has 0 bridgehead atoms. The van der Waals surface area contributed by atoms with Gasteiger partial charge in [0.15, 0.2) is 0 Å². The van der Waals surface area contributed by atoms with Crippen LogP contribution >= 0.6 is 0 Å². The monoisotopic (exact) mass is 249 g/mol. The van der Waals surface area contributed by atoms with Gasteiger partial charge >= 0.3 is 29.3 Å². The Labute approximate surface area is 93.3 Å². The van der Waals surface area contributed by atoms with Crippen molar-refractivity contribution in [3.63, 3.8) is 0 Å². The summed E-state index contributed by atoms with van der Waals surface area (Å²) < 4.78 is 15.6. The quantitative estimate of drug-likeness (QED) is 0.230. The maximum atomic E-state index is 6.17. The van der Waals surface area contributed by atoms with E-state index in [1.54, 1.807) is 21.3 Å². The van der Waals surface area contributed by atoms with Crippen molar-refractivity contribution < 1.29 is 17.9 Å². The van der Waals surface area contributed by atoms with Gasteiger partial charge in [-0.3, -0.25) is 4.59 Å². The Kier molecular flexibility index (Phi) is 9.02. The summed E-state index contributed by atoms with van der Waals surface area (Å²) in [5, 5.41) is 0. The van der Waals surface area contributed by atoms with E-state index in [0.717, 1.165) is 18.5 Å². The van der Waals surface area contributed by atoms with E-state index in [-0.39, 0.29) is 0 Å². The van der Waals surface area contributed by atoms with Gasteiger partial charge in [-0.1, -0.05) is 0 Å². The second kappa shape index (κ2) is 8.73. The molecule has 0 heterocycles. The fourth-order valence-corrected chi connectivity index (χ4v) is 3.25. The maximum Gasteiger partial charge on any atom is 0.301 e. The summed E-state index contributed by atoms with van der Waals surface area (Å²) in [7, 11) is 6.38. The minimum absolute atomic E-state index is 0.434. The highest BCUT2D eigenvalue weighted by Gasteiger charge is 2.24. The molecule has 0 aromatic rings. The second-order valence-corrected chi connectivity index (χ2v) is 5.78. The van der Waals surface area contributed by atoms with Crippen molar-refractivity contribution >= 4 is 29.3 Å². The van der Waals surface area contributed by atoms with Crippen LogP contribution in [-0.2, 0) is 13.3 Å². The average Bonchev–Trinajstić information content (AvgIpc) is 2.21. The molecule has 8 heteroatoms. The molecule has 0 saturated heterocycles. The largest absolute Gasteiger partial charge is 0.415 e. The van der Waals surface area contributed by atoms with Crippen LogP contribution in [-0.4, -0.2) is 73.7 Å². The van der Waals surface area contributed by atoms with Gasteiger partial charge in [0.25, 0.3) is 0 Å². The van der Waals surface area contributed by atoms with Crippen LogP contribution < -0.4 is 5.84 Å². The minimum atomic E-state index is 0.434. The Morgan fingerprint density at radius 2 is 1.14 bits per heavy atom. The van der Waals surface area contributed by atoms with Crippen molar-refractivity contribution in [3.8, 4) is 0 Å². The van der Waals surface area contributed by atoms with Gasteiger partial charge in [0.1, 0.15) is 18.5 Å². The molecule has 14 heavy (non-hydrogen) atoms. The van der Waals surface area contributed by atoms with E-state index >= 15 is 0 Å². The molecule has 5 nitrogen and oxygen atoms in total. The highest BCUT2D eigenvalue weighted by atomic mass is 28.2. The lowest BCUT2D eigenvalue weighted by Gasteiger charge is -2.30. The first kappa shape index (κ1) is 14.5. The second-order valence-electron chi connectivity index (χ2n) is 2.74. The minimum Gasteiger partial charge on any atom is -0.415 e. The zero-order chi connectivity index (χ0) is 10.9. The molecule has 0 fully saturated rings. The average molecular weight is 249 g/mol. The summed E-state index contributed by atoms with van der Waals surface area (Å²) >= 11 is 0. The summed E-state index contributed by atoms with van der Waals surface area (Å²) in [5.74, 6) is 6.17. The van der Waals surface area contributed by atoms with Crippen LogP contribution in [0.15, 0.2) is 0 Å². The zero-order valence-electron chi connectivity index (χ0n) is 8.87. The predicted molar refractivity (Wildman–Crippen MR) is 57.3 cm³/mol. The van der Waals surface area contributed by atoms with E-state index < -0.39 is 0 Å². The molecule has 2 N–H and O–H groups in total. The Balaban J connectivity index is 3.89. The summed E-state index contributed by atoms with van der Waals surface area (Å²) in [4.78, 5) is 0. The van der Waals surface area contributed by atoms with E-state index in [9.17, 15) is 0 Å². The number of quaternary nitrogens is 1. The lowest BCUT2D eigenvalue weighted by atomic mass is 10.9.